The number of aliphatic hydroxyl groups is 2. The van der Waals surface area contributed by atoms with Crippen LogP contribution in [-0.2, 0) is 0 Å². The average Bonchev–Trinajstić information content (AvgIpc) is 2.90. The van der Waals surface area contributed by atoms with E-state index in [4.69, 9.17) is 4.74 Å². The van der Waals surface area contributed by atoms with Gasteiger partial charge in [0.1, 0.15) is 5.75 Å². The third kappa shape index (κ3) is 6.39. The Labute approximate surface area is 219 Å². The molecule has 1 aliphatic rings. The van der Waals surface area contributed by atoms with Gasteiger partial charge in [-0.15, -0.1) is 11.8 Å². The van der Waals surface area contributed by atoms with Crippen LogP contribution in [0.15, 0.2) is 41.4 Å². The van der Waals surface area contributed by atoms with Gasteiger partial charge >= 0.3 is 0 Å². The molecule has 2 aromatic carbocycles. The molecule has 9 heteroatoms. The van der Waals surface area contributed by atoms with Gasteiger partial charge in [0.05, 0.1) is 18.7 Å². The number of hydrogen-bond acceptors (Lipinski definition) is 6. The molecule has 1 fully saturated rings. The third-order valence-corrected chi connectivity index (χ3v) is 8.44. The number of aromatic nitrogens is 1. The van der Waals surface area contributed by atoms with Crippen molar-refractivity contribution in [3.63, 3.8) is 0 Å². The molecule has 0 radical (unpaired) electrons. The quantitative estimate of drug-likeness (QED) is 0.259. The van der Waals surface area contributed by atoms with Crippen LogP contribution in [0.1, 0.15) is 42.9 Å². The maximum atomic E-state index is 13.4. The van der Waals surface area contributed by atoms with E-state index in [1.165, 1.54) is 11.8 Å². The molecule has 0 unspecified atom stereocenters. The largest absolute Gasteiger partial charge is 0.497 e. The van der Waals surface area contributed by atoms with Gasteiger partial charge in [-0.2, -0.15) is 0 Å². The molecule has 0 spiro atoms. The number of benzene rings is 2. The van der Waals surface area contributed by atoms with Crippen LogP contribution in [0.25, 0.3) is 10.9 Å². The van der Waals surface area contributed by atoms with E-state index in [9.17, 15) is 23.4 Å². The smallest absolute Gasteiger partial charge is 0.194 e. The molecule has 2 heterocycles. The minimum atomic E-state index is -1.45. The van der Waals surface area contributed by atoms with E-state index in [0.717, 1.165) is 66.6 Å². The Kier molecular flexibility index (Phi) is 9.00. The molecule has 1 aliphatic heterocycles. The standard InChI is InChI=1S/C28H33F3N2O3S/c1-18-16-32-24-4-3-19(36-2)13-21(24)26(18)25(35)5-6-28(17-34)7-9-33(10-8-28)11-12-37-20-14-22(29)27(31)23(30)15-20/h3-4,13-16,25,34-35H,5-12,17H2,1-2H3/t25-/m1/s1. The summed E-state index contributed by atoms with van der Waals surface area (Å²) in [6.45, 7) is 4.30. The number of likely N-dealkylation sites (tertiary alicyclic amines) is 1. The van der Waals surface area contributed by atoms with E-state index in [-0.39, 0.29) is 12.0 Å². The second-order valence-electron chi connectivity index (χ2n) is 9.84. The zero-order valence-corrected chi connectivity index (χ0v) is 22.0. The predicted octanol–water partition coefficient (Wildman–Crippen LogP) is 5.65. The van der Waals surface area contributed by atoms with E-state index in [2.05, 4.69) is 9.88 Å². The van der Waals surface area contributed by atoms with Gasteiger partial charge in [-0.3, -0.25) is 4.98 Å². The number of rotatable bonds is 10. The zero-order valence-electron chi connectivity index (χ0n) is 21.1. The number of hydrogen-bond donors (Lipinski definition) is 2. The van der Waals surface area contributed by atoms with Crippen LogP contribution in [0.2, 0.25) is 0 Å². The molecule has 2 N–H and O–H groups in total. The first-order valence-corrected chi connectivity index (χ1v) is 13.5. The first kappa shape index (κ1) is 27.7. The minimum Gasteiger partial charge on any atom is -0.497 e. The van der Waals surface area contributed by atoms with E-state index in [1.807, 2.05) is 25.1 Å². The van der Waals surface area contributed by atoms with Crippen molar-refractivity contribution in [2.45, 2.75) is 43.6 Å². The fraction of sp³-hybridized carbons (Fsp3) is 0.464. The van der Waals surface area contributed by atoms with Crippen LogP contribution in [0, 0.1) is 29.8 Å². The van der Waals surface area contributed by atoms with Crippen molar-refractivity contribution < 1.29 is 28.1 Å². The summed E-state index contributed by atoms with van der Waals surface area (Å²) >= 11 is 1.29. The number of piperidine rings is 1. The Hall–Kier alpha value is -2.33. The van der Waals surface area contributed by atoms with Crippen molar-refractivity contribution in [1.82, 2.24) is 9.88 Å². The number of aryl methyl sites for hydroxylation is 1. The van der Waals surface area contributed by atoms with Crippen LogP contribution >= 0.6 is 11.8 Å². The molecule has 200 valence electrons. The van der Waals surface area contributed by atoms with Crippen molar-refractivity contribution in [2.75, 3.05) is 39.1 Å². The molecule has 0 saturated carbocycles. The summed E-state index contributed by atoms with van der Waals surface area (Å²) in [6.07, 6.45) is 3.89. The summed E-state index contributed by atoms with van der Waals surface area (Å²) in [5, 5.41) is 22.3. The lowest BCUT2D eigenvalue weighted by atomic mass is 9.74. The van der Waals surface area contributed by atoms with Crippen molar-refractivity contribution in [1.29, 1.82) is 0 Å². The molecule has 5 nitrogen and oxygen atoms in total. The molecule has 1 saturated heterocycles. The van der Waals surface area contributed by atoms with Gasteiger partial charge in [0, 0.05) is 35.4 Å². The lowest BCUT2D eigenvalue weighted by Gasteiger charge is -2.41. The summed E-state index contributed by atoms with van der Waals surface area (Å²) in [7, 11) is 1.61. The Morgan fingerprint density at radius 1 is 1.14 bits per heavy atom. The van der Waals surface area contributed by atoms with E-state index < -0.39 is 23.6 Å². The van der Waals surface area contributed by atoms with E-state index in [1.54, 1.807) is 13.3 Å². The average molecular weight is 535 g/mol. The summed E-state index contributed by atoms with van der Waals surface area (Å²) in [5.41, 5.74) is 2.30. The first-order chi connectivity index (χ1) is 17.7. The molecule has 0 aliphatic carbocycles. The van der Waals surface area contributed by atoms with Crippen molar-refractivity contribution in [3.8, 4) is 5.75 Å². The monoisotopic (exact) mass is 534 g/mol. The number of halogens is 3. The summed E-state index contributed by atoms with van der Waals surface area (Å²) in [4.78, 5) is 7.10. The van der Waals surface area contributed by atoms with Gasteiger partial charge in [0.2, 0.25) is 0 Å². The van der Waals surface area contributed by atoms with Crippen molar-refractivity contribution in [3.05, 3.63) is 65.1 Å². The number of methoxy groups -OCH3 is 1. The van der Waals surface area contributed by atoms with Gasteiger partial charge in [0.15, 0.2) is 17.5 Å². The van der Waals surface area contributed by atoms with Gasteiger partial charge in [0.25, 0.3) is 0 Å². The minimum absolute atomic E-state index is 0.0559. The Morgan fingerprint density at radius 3 is 2.49 bits per heavy atom. The lowest BCUT2D eigenvalue weighted by molar-refractivity contribution is 0.0254. The summed E-state index contributed by atoms with van der Waals surface area (Å²) in [5.74, 6) is -2.47. The molecular formula is C28H33F3N2O3S. The third-order valence-electron chi connectivity index (χ3n) is 7.48. The fourth-order valence-corrected chi connectivity index (χ4v) is 6.05. The Bertz CT molecular complexity index is 1210. The number of nitrogens with zero attached hydrogens (tertiary/aromatic N) is 2. The molecular weight excluding hydrogens is 501 g/mol. The Balaban J connectivity index is 1.32. The van der Waals surface area contributed by atoms with Crippen LogP contribution < -0.4 is 4.74 Å². The van der Waals surface area contributed by atoms with Crippen molar-refractivity contribution >= 4 is 22.7 Å². The van der Waals surface area contributed by atoms with Crippen LogP contribution in [-0.4, -0.2) is 59.2 Å². The fourth-order valence-electron chi connectivity index (χ4n) is 5.09. The number of thioether (sulfide) groups is 1. The van der Waals surface area contributed by atoms with Gasteiger partial charge in [-0.05, 0) is 92.6 Å². The number of aliphatic hydroxyl groups excluding tert-OH is 2. The lowest BCUT2D eigenvalue weighted by Crippen LogP contribution is -2.43. The van der Waals surface area contributed by atoms with Gasteiger partial charge in [-0.1, -0.05) is 0 Å². The first-order valence-electron chi connectivity index (χ1n) is 12.5. The second-order valence-corrected chi connectivity index (χ2v) is 11.0. The van der Waals surface area contributed by atoms with E-state index in [0.29, 0.717) is 29.2 Å². The number of fused-ring (bicyclic) bond motifs is 1. The topological polar surface area (TPSA) is 65.8 Å². The normalized spacial score (nSPS) is 16.7. The highest BCUT2D eigenvalue weighted by Gasteiger charge is 2.34. The molecule has 0 bridgehead atoms. The van der Waals surface area contributed by atoms with Crippen LogP contribution in [0.4, 0.5) is 13.2 Å². The van der Waals surface area contributed by atoms with E-state index >= 15 is 0 Å². The highest BCUT2D eigenvalue weighted by Crippen LogP contribution is 2.39. The molecule has 3 aromatic rings. The number of pyridine rings is 1. The SMILES string of the molecule is COc1ccc2ncc(C)c([C@H](O)CCC3(CO)CCN(CCSc4cc(F)c(F)c(F)c4)CC3)c2c1. The molecule has 1 aromatic heterocycles. The predicted molar refractivity (Wildman–Crippen MR) is 139 cm³/mol. The summed E-state index contributed by atoms with van der Waals surface area (Å²) in [6, 6.07) is 7.68. The van der Waals surface area contributed by atoms with Crippen LogP contribution in [0.5, 0.6) is 5.75 Å². The molecule has 1 atom stereocenters. The molecule has 0 amide bonds. The second kappa shape index (κ2) is 12.0. The highest BCUT2D eigenvalue weighted by molar-refractivity contribution is 7.99. The maximum Gasteiger partial charge on any atom is 0.194 e. The zero-order chi connectivity index (χ0) is 26.6. The van der Waals surface area contributed by atoms with Crippen LogP contribution in [0.3, 0.4) is 0 Å². The summed E-state index contributed by atoms with van der Waals surface area (Å²) < 4.78 is 45.4. The molecule has 4 rings (SSSR count). The van der Waals surface area contributed by atoms with Crippen molar-refractivity contribution in [2.24, 2.45) is 5.41 Å². The molecule has 37 heavy (non-hydrogen) atoms. The van der Waals surface area contributed by atoms with Gasteiger partial charge < -0.3 is 19.8 Å². The Morgan fingerprint density at radius 2 is 1.84 bits per heavy atom. The number of ether oxygens (including phenoxy) is 1. The highest BCUT2D eigenvalue weighted by atomic mass is 32.2. The van der Waals surface area contributed by atoms with Gasteiger partial charge in [-0.25, -0.2) is 13.2 Å². The maximum absolute atomic E-state index is 13.4.